The van der Waals surface area contributed by atoms with Gasteiger partial charge in [-0.25, -0.2) is 8.42 Å². The molecular weight excluding hydrogens is 446 g/mol. The molecular formula is C21H22ClNO5S2. The van der Waals surface area contributed by atoms with Gasteiger partial charge in [-0.2, -0.15) is 0 Å². The van der Waals surface area contributed by atoms with Gasteiger partial charge in [-0.1, -0.05) is 23.7 Å². The molecule has 6 nitrogen and oxygen atoms in total. The van der Waals surface area contributed by atoms with Crippen molar-refractivity contribution in [1.29, 1.82) is 0 Å². The van der Waals surface area contributed by atoms with Crippen LogP contribution in [0.2, 0.25) is 5.02 Å². The van der Waals surface area contributed by atoms with Gasteiger partial charge < -0.3 is 4.74 Å². The fourth-order valence-corrected chi connectivity index (χ4v) is 5.43. The second kappa shape index (κ2) is 9.85. The number of halogens is 1. The molecule has 0 aromatic heterocycles. The number of rotatable bonds is 9. The Morgan fingerprint density at radius 2 is 1.97 bits per heavy atom. The standard InChI is InChI=1S/C21H22ClNO5S2/c1-2-30(26,27)23-11-9-15-13-16(7-8-18(15)23)19(24)14-28-21(25)10-12-29-20-6-4-3-5-17(20)22/h3-8,13H,2,9-12,14H2,1H3. The van der Waals surface area contributed by atoms with Gasteiger partial charge in [-0.15, -0.1) is 11.8 Å². The maximum atomic E-state index is 12.4. The van der Waals surface area contributed by atoms with E-state index in [1.54, 1.807) is 31.2 Å². The quantitative estimate of drug-likeness (QED) is 0.315. The van der Waals surface area contributed by atoms with Crippen LogP contribution in [-0.4, -0.2) is 44.8 Å². The zero-order valence-electron chi connectivity index (χ0n) is 16.5. The second-order valence-electron chi connectivity index (χ2n) is 6.68. The van der Waals surface area contributed by atoms with Crippen molar-refractivity contribution in [3.8, 4) is 0 Å². The summed E-state index contributed by atoms with van der Waals surface area (Å²) in [6, 6.07) is 12.3. The first kappa shape index (κ1) is 22.7. The first-order valence-corrected chi connectivity index (χ1v) is 12.5. The molecule has 30 heavy (non-hydrogen) atoms. The third kappa shape index (κ3) is 5.36. The van der Waals surface area contributed by atoms with Gasteiger partial charge in [0.05, 0.1) is 22.9 Å². The van der Waals surface area contributed by atoms with Gasteiger partial charge >= 0.3 is 5.97 Å². The van der Waals surface area contributed by atoms with Crippen LogP contribution in [0.15, 0.2) is 47.4 Å². The van der Waals surface area contributed by atoms with Crippen LogP contribution in [0.25, 0.3) is 0 Å². The average molecular weight is 468 g/mol. The Balaban J connectivity index is 1.51. The largest absolute Gasteiger partial charge is 0.457 e. The number of nitrogens with zero attached hydrogens (tertiary/aromatic N) is 1. The highest BCUT2D eigenvalue weighted by molar-refractivity contribution is 7.99. The molecule has 0 bridgehead atoms. The van der Waals surface area contributed by atoms with Crippen molar-refractivity contribution in [1.82, 2.24) is 0 Å². The summed E-state index contributed by atoms with van der Waals surface area (Å²) in [7, 11) is -3.33. The lowest BCUT2D eigenvalue weighted by Gasteiger charge is -2.18. The number of hydrogen-bond donors (Lipinski definition) is 0. The molecule has 2 aromatic carbocycles. The summed E-state index contributed by atoms with van der Waals surface area (Å²) in [6.45, 7) is 1.64. The minimum Gasteiger partial charge on any atom is -0.457 e. The lowest BCUT2D eigenvalue weighted by Crippen LogP contribution is -2.30. The van der Waals surface area contributed by atoms with Gasteiger partial charge in [0.15, 0.2) is 12.4 Å². The van der Waals surface area contributed by atoms with Crippen molar-refractivity contribution >= 4 is 50.8 Å². The highest BCUT2D eigenvalue weighted by atomic mass is 35.5. The van der Waals surface area contributed by atoms with Crippen LogP contribution in [0.3, 0.4) is 0 Å². The summed E-state index contributed by atoms with van der Waals surface area (Å²) in [5.74, 6) is -0.249. The number of Topliss-reactive ketones (excluding diaryl/α,β-unsaturated/α-hetero) is 1. The molecule has 0 saturated heterocycles. The summed E-state index contributed by atoms with van der Waals surface area (Å²) in [5.41, 5.74) is 1.82. The topological polar surface area (TPSA) is 80.8 Å². The summed E-state index contributed by atoms with van der Waals surface area (Å²) in [5, 5.41) is 0.632. The summed E-state index contributed by atoms with van der Waals surface area (Å²) < 4.78 is 30.8. The number of esters is 1. The van der Waals surface area contributed by atoms with Crippen LogP contribution in [0, 0.1) is 0 Å². The first-order chi connectivity index (χ1) is 14.3. The van der Waals surface area contributed by atoms with Crippen molar-refractivity contribution < 1.29 is 22.7 Å². The third-order valence-electron chi connectivity index (χ3n) is 4.72. The molecule has 2 aromatic rings. The number of carbonyl (C=O) groups is 2. The van der Waals surface area contributed by atoms with E-state index in [4.69, 9.17) is 16.3 Å². The van der Waals surface area contributed by atoms with Gasteiger partial charge in [0, 0.05) is 22.8 Å². The number of hydrogen-bond acceptors (Lipinski definition) is 6. The van der Waals surface area contributed by atoms with Gasteiger partial charge in [-0.3, -0.25) is 13.9 Å². The van der Waals surface area contributed by atoms with Crippen molar-refractivity contribution in [3.63, 3.8) is 0 Å². The number of benzene rings is 2. The van der Waals surface area contributed by atoms with E-state index < -0.39 is 16.0 Å². The number of thioether (sulfide) groups is 1. The van der Waals surface area contributed by atoms with Crippen molar-refractivity contribution in [2.24, 2.45) is 0 Å². The molecule has 0 saturated carbocycles. The molecule has 0 N–H and O–H groups in total. The molecule has 0 aliphatic carbocycles. The summed E-state index contributed by atoms with van der Waals surface area (Å²) in [6.07, 6.45) is 0.714. The molecule has 1 aliphatic heterocycles. The second-order valence-corrected chi connectivity index (χ2v) is 10.4. The molecule has 0 amide bonds. The Labute approximate surface area is 185 Å². The van der Waals surface area contributed by atoms with Crippen LogP contribution in [-0.2, 0) is 26.0 Å². The fraction of sp³-hybridized carbons (Fsp3) is 0.333. The molecule has 3 rings (SSSR count). The molecule has 1 aliphatic rings. The maximum Gasteiger partial charge on any atom is 0.307 e. The summed E-state index contributed by atoms with van der Waals surface area (Å²) in [4.78, 5) is 25.2. The monoisotopic (exact) mass is 467 g/mol. The molecule has 0 fully saturated rings. The fourth-order valence-electron chi connectivity index (χ4n) is 3.10. The minimum absolute atomic E-state index is 0.0256. The molecule has 0 atom stereocenters. The third-order valence-corrected chi connectivity index (χ3v) is 8.02. The number of sulfonamides is 1. The zero-order valence-corrected chi connectivity index (χ0v) is 18.9. The van der Waals surface area contributed by atoms with Gasteiger partial charge in [0.25, 0.3) is 0 Å². The van der Waals surface area contributed by atoms with Crippen LogP contribution >= 0.6 is 23.4 Å². The Kier molecular flexibility index (Phi) is 7.44. The van der Waals surface area contributed by atoms with Gasteiger partial charge in [-0.05, 0) is 49.2 Å². The predicted molar refractivity (Wildman–Crippen MR) is 119 cm³/mol. The van der Waals surface area contributed by atoms with E-state index in [1.807, 2.05) is 18.2 Å². The van der Waals surface area contributed by atoms with E-state index in [0.717, 1.165) is 10.5 Å². The van der Waals surface area contributed by atoms with E-state index >= 15 is 0 Å². The number of ketones is 1. The average Bonchev–Trinajstić information content (AvgIpc) is 3.17. The molecule has 1 heterocycles. The van der Waals surface area contributed by atoms with Crippen LogP contribution in [0.1, 0.15) is 29.3 Å². The molecule has 0 unspecified atom stereocenters. The number of carbonyl (C=O) groups excluding carboxylic acids is 2. The van der Waals surface area contributed by atoms with E-state index in [2.05, 4.69) is 0 Å². The Morgan fingerprint density at radius 1 is 1.20 bits per heavy atom. The molecule has 0 spiro atoms. The molecule has 0 radical (unpaired) electrons. The highest BCUT2D eigenvalue weighted by Crippen LogP contribution is 2.31. The van der Waals surface area contributed by atoms with E-state index in [9.17, 15) is 18.0 Å². The Bertz CT molecular complexity index is 1060. The Morgan fingerprint density at radius 3 is 2.70 bits per heavy atom. The molecule has 160 valence electrons. The van der Waals surface area contributed by atoms with E-state index in [0.29, 0.717) is 35.0 Å². The normalized spacial score (nSPS) is 13.2. The maximum absolute atomic E-state index is 12.4. The molecule has 9 heteroatoms. The number of anilines is 1. The highest BCUT2D eigenvalue weighted by Gasteiger charge is 2.28. The van der Waals surface area contributed by atoms with Crippen molar-refractivity contribution in [3.05, 3.63) is 58.6 Å². The number of ether oxygens (including phenoxy) is 1. The number of fused-ring (bicyclic) bond motifs is 1. The SMILES string of the molecule is CCS(=O)(=O)N1CCc2cc(C(=O)COC(=O)CCSc3ccccc3Cl)ccc21. The summed E-state index contributed by atoms with van der Waals surface area (Å²) >= 11 is 7.53. The minimum atomic E-state index is -3.33. The lowest BCUT2D eigenvalue weighted by atomic mass is 10.1. The van der Waals surface area contributed by atoms with Crippen LogP contribution < -0.4 is 4.31 Å². The Hall–Kier alpha value is -2.03. The van der Waals surface area contributed by atoms with Crippen molar-refractivity contribution in [2.75, 3.05) is 29.0 Å². The van der Waals surface area contributed by atoms with E-state index in [1.165, 1.54) is 16.1 Å². The first-order valence-electron chi connectivity index (χ1n) is 9.51. The van der Waals surface area contributed by atoms with Gasteiger partial charge in [0.1, 0.15) is 0 Å². The lowest BCUT2D eigenvalue weighted by molar-refractivity contribution is -0.141. The zero-order chi connectivity index (χ0) is 21.7. The van der Waals surface area contributed by atoms with Gasteiger partial charge in [0.2, 0.25) is 10.0 Å². The van der Waals surface area contributed by atoms with Crippen molar-refractivity contribution in [2.45, 2.75) is 24.7 Å². The smallest absolute Gasteiger partial charge is 0.307 e. The predicted octanol–water partition coefficient (Wildman–Crippen LogP) is 3.96. The van der Waals surface area contributed by atoms with Crippen LogP contribution in [0.4, 0.5) is 5.69 Å². The van der Waals surface area contributed by atoms with E-state index in [-0.39, 0.29) is 24.6 Å². The van der Waals surface area contributed by atoms with Crippen LogP contribution in [0.5, 0.6) is 0 Å².